The molecular weight excluding hydrogens is 286 g/mol. The van der Waals surface area contributed by atoms with Crippen molar-refractivity contribution in [3.8, 4) is 0 Å². The molecule has 1 aliphatic heterocycles. The molecule has 0 aromatic carbocycles. The minimum absolute atomic E-state index is 0.268. The van der Waals surface area contributed by atoms with E-state index in [-0.39, 0.29) is 18.6 Å². The van der Waals surface area contributed by atoms with E-state index in [0.29, 0.717) is 6.42 Å². The zero-order valence-corrected chi connectivity index (χ0v) is 13.7. The van der Waals surface area contributed by atoms with Crippen LogP contribution in [0.4, 0.5) is 0 Å². The van der Waals surface area contributed by atoms with Crippen LogP contribution in [0.2, 0.25) is 0 Å². The van der Waals surface area contributed by atoms with Crippen LogP contribution in [-0.2, 0) is 9.53 Å². The Labute approximate surface area is 132 Å². The van der Waals surface area contributed by atoms with Gasteiger partial charge in [0.15, 0.2) is 0 Å². The molecule has 0 aromatic rings. The van der Waals surface area contributed by atoms with Crippen LogP contribution in [0.1, 0.15) is 58.8 Å². The van der Waals surface area contributed by atoms with Crippen molar-refractivity contribution in [3.05, 3.63) is 0 Å². The zero-order chi connectivity index (χ0) is 16.5. The number of unbranched alkanes of at least 4 members (excludes halogenated alkanes) is 5. The molecule has 0 spiro atoms. The number of carbonyl (C=O) groups excluding carboxylic acids is 1. The Hall–Kier alpha value is -0.690. The van der Waals surface area contributed by atoms with Crippen LogP contribution < -0.4 is 5.32 Å². The second-order valence-electron chi connectivity index (χ2n) is 6.16. The summed E-state index contributed by atoms with van der Waals surface area (Å²) < 4.78 is 5.68. The van der Waals surface area contributed by atoms with Crippen molar-refractivity contribution >= 4 is 5.91 Å². The molecule has 1 rings (SSSR count). The number of hydrogen-bond acceptors (Lipinski definition) is 5. The molecule has 0 unspecified atom stereocenters. The quantitative estimate of drug-likeness (QED) is 0.470. The predicted octanol–water partition coefficient (Wildman–Crippen LogP) is 0.723. The molecule has 4 N–H and O–H groups in total. The number of ether oxygens (including phenoxy) is 1. The summed E-state index contributed by atoms with van der Waals surface area (Å²) in [6.45, 7) is 3.20. The van der Waals surface area contributed by atoms with Crippen molar-refractivity contribution in [3.63, 3.8) is 0 Å². The number of amides is 1. The number of aliphatic hydroxyl groups is 3. The topological polar surface area (TPSA) is 99.0 Å². The van der Waals surface area contributed by atoms with Crippen LogP contribution >= 0.6 is 0 Å². The van der Waals surface area contributed by atoms with Crippen LogP contribution in [0.5, 0.6) is 0 Å². The molecule has 5 atom stereocenters. The third kappa shape index (κ3) is 5.83. The summed E-state index contributed by atoms with van der Waals surface area (Å²) in [7, 11) is 0. The Balaban J connectivity index is 2.52. The normalized spacial score (nSPS) is 32.0. The van der Waals surface area contributed by atoms with Gasteiger partial charge in [-0.15, -0.1) is 0 Å². The van der Waals surface area contributed by atoms with Crippen molar-refractivity contribution in [2.75, 3.05) is 6.61 Å². The van der Waals surface area contributed by atoms with E-state index in [1.165, 1.54) is 32.6 Å². The number of rotatable bonds is 9. The lowest BCUT2D eigenvalue weighted by molar-refractivity contribution is -0.196. The predicted molar refractivity (Wildman–Crippen MR) is 83.4 cm³/mol. The van der Waals surface area contributed by atoms with Gasteiger partial charge in [-0.05, 0) is 6.42 Å². The average molecular weight is 317 g/mol. The second kappa shape index (κ2) is 10.2. The van der Waals surface area contributed by atoms with Crippen molar-refractivity contribution in [1.29, 1.82) is 0 Å². The van der Waals surface area contributed by atoms with Crippen molar-refractivity contribution in [2.45, 2.75) is 89.3 Å². The van der Waals surface area contributed by atoms with Gasteiger partial charge < -0.3 is 25.4 Å². The molecular formula is C16H31NO5. The molecule has 0 saturated carbocycles. The van der Waals surface area contributed by atoms with E-state index < -0.39 is 24.4 Å². The summed E-state index contributed by atoms with van der Waals surface area (Å²) in [6, 6.07) is -0.633. The number of carbonyl (C=O) groups is 1. The first-order chi connectivity index (χ1) is 10.5. The van der Waals surface area contributed by atoms with Gasteiger partial charge in [0.25, 0.3) is 0 Å². The van der Waals surface area contributed by atoms with E-state index in [4.69, 9.17) is 4.74 Å². The van der Waals surface area contributed by atoms with Crippen LogP contribution in [0.15, 0.2) is 0 Å². The highest BCUT2D eigenvalue weighted by Crippen LogP contribution is 2.25. The Morgan fingerprint density at radius 1 is 1.05 bits per heavy atom. The SMILES string of the molecule is CCCCCCCC[C@H]1O[C@H](CO)[C@H](O)[C@H](O)[C@H]1NC(C)=O. The van der Waals surface area contributed by atoms with Gasteiger partial charge in [-0.2, -0.15) is 0 Å². The highest BCUT2D eigenvalue weighted by molar-refractivity contribution is 5.73. The van der Waals surface area contributed by atoms with E-state index >= 15 is 0 Å². The first-order valence-electron chi connectivity index (χ1n) is 8.40. The Morgan fingerprint density at radius 3 is 2.27 bits per heavy atom. The molecule has 6 nitrogen and oxygen atoms in total. The van der Waals surface area contributed by atoms with Gasteiger partial charge >= 0.3 is 0 Å². The summed E-state index contributed by atoms with van der Waals surface area (Å²) in [6.07, 6.45) is 4.04. The summed E-state index contributed by atoms with van der Waals surface area (Å²) in [5.41, 5.74) is 0. The van der Waals surface area contributed by atoms with Crippen LogP contribution in [0.25, 0.3) is 0 Å². The molecule has 0 aromatic heterocycles. The Kier molecular flexibility index (Phi) is 8.93. The van der Waals surface area contributed by atoms with E-state index in [0.717, 1.165) is 12.8 Å². The van der Waals surface area contributed by atoms with Crippen LogP contribution in [-0.4, -0.2) is 58.3 Å². The highest BCUT2D eigenvalue weighted by atomic mass is 16.5. The molecule has 1 saturated heterocycles. The lowest BCUT2D eigenvalue weighted by Crippen LogP contribution is -2.63. The maximum absolute atomic E-state index is 11.3. The fraction of sp³-hybridized carbons (Fsp3) is 0.938. The second-order valence-corrected chi connectivity index (χ2v) is 6.16. The first-order valence-corrected chi connectivity index (χ1v) is 8.40. The van der Waals surface area contributed by atoms with Gasteiger partial charge in [-0.1, -0.05) is 45.4 Å². The molecule has 130 valence electrons. The maximum Gasteiger partial charge on any atom is 0.217 e. The molecule has 6 heteroatoms. The standard InChI is InChI=1S/C16H31NO5/c1-3-4-5-6-7-8-9-12-14(17-11(2)19)16(21)15(20)13(10-18)22-12/h12-16,18,20-21H,3-10H2,1-2H3,(H,17,19)/t12-,13-,14+,15+,16-/m1/s1. The summed E-state index contributed by atoms with van der Waals surface area (Å²) in [5, 5.41) is 32.0. The third-order valence-electron chi connectivity index (χ3n) is 4.24. The molecule has 0 aliphatic carbocycles. The summed E-state index contributed by atoms with van der Waals surface area (Å²) >= 11 is 0. The molecule has 1 amide bonds. The molecule has 22 heavy (non-hydrogen) atoms. The van der Waals surface area contributed by atoms with Gasteiger partial charge in [0.05, 0.1) is 18.8 Å². The van der Waals surface area contributed by atoms with Gasteiger partial charge in [-0.3, -0.25) is 4.79 Å². The highest BCUT2D eigenvalue weighted by Gasteiger charge is 2.44. The minimum Gasteiger partial charge on any atom is -0.394 e. The lowest BCUT2D eigenvalue weighted by Gasteiger charge is -2.42. The first kappa shape index (κ1) is 19.4. The number of aliphatic hydroxyl groups excluding tert-OH is 3. The molecule has 1 aliphatic rings. The van der Waals surface area contributed by atoms with Crippen molar-refractivity contribution in [2.24, 2.45) is 0 Å². The molecule has 0 radical (unpaired) electrons. The molecule has 1 heterocycles. The summed E-state index contributed by atoms with van der Waals surface area (Å²) in [4.78, 5) is 11.3. The van der Waals surface area contributed by atoms with E-state index in [1.54, 1.807) is 0 Å². The Bertz CT molecular complexity index is 326. The van der Waals surface area contributed by atoms with Gasteiger partial charge in [0, 0.05) is 6.92 Å². The van der Waals surface area contributed by atoms with E-state index in [2.05, 4.69) is 12.2 Å². The monoisotopic (exact) mass is 317 g/mol. The van der Waals surface area contributed by atoms with Gasteiger partial charge in [0.1, 0.15) is 18.3 Å². The lowest BCUT2D eigenvalue weighted by atomic mass is 9.90. The fourth-order valence-electron chi connectivity index (χ4n) is 2.98. The number of hydrogen-bond donors (Lipinski definition) is 4. The van der Waals surface area contributed by atoms with Gasteiger partial charge in [0.2, 0.25) is 5.91 Å². The largest absolute Gasteiger partial charge is 0.394 e. The molecule has 1 fully saturated rings. The van der Waals surface area contributed by atoms with Crippen molar-refractivity contribution < 1.29 is 24.9 Å². The molecule has 0 bridgehead atoms. The van der Waals surface area contributed by atoms with E-state index in [1.807, 2.05) is 0 Å². The average Bonchev–Trinajstić information content (AvgIpc) is 2.49. The summed E-state index contributed by atoms with van der Waals surface area (Å²) in [5.74, 6) is -0.268. The number of nitrogens with one attached hydrogen (secondary N) is 1. The minimum atomic E-state index is -1.19. The fourth-order valence-corrected chi connectivity index (χ4v) is 2.98. The van der Waals surface area contributed by atoms with Crippen LogP contribution in [0, 0.1) is 0 Å². The maximum atomic E-state index is 11.3. The van der Waals surface area contributed by atoms with Gasteiger partial charge in [-0.25, -0.2) is 0 Å². The van der Waals surface area contributed by atoms with Crippen LogP contribution in [0.3, 0.4) is 0 Å². The smallest absolute Gasteiger partial charge is 0.217 e. The third-order valence-corrected chi connectivity index (χ3v) is 4.24. The zero-order valence-electron chi connectivity index (χ0n) is 13.7. The van der Waals surface area contributed by atoms with E-state index in [9.17, 15) is 20.1 Å². The van der Waals surface area contributed by atoms with Crippen molar-refractivity contribution in [1.82, 2.24) is 5.32 Å². The Morgan fingerprint density at radius 2 is 1.68 bits per heavy atom.